The highest BCUT2D eigenvalue weighted by Gasteiger charge is 2.47. The third kappa shape index (κ3) is 4.79. The van der Waals surface area contributed by atoms with Gasteiger partial charge in [-0.25, -0.2) is 0 Å². The molecule has 2 aromatic rings. The van der Waals surface area contributed by atoms with Crippen molar-refractivity contribution in [1.29, 1.82) is 0 Å². The van der Waals surface area contributed by atoms with Crippen molar-refractivity contribution in [2.24, 2.45) is 5.41 Å². The minimum absolute atomic E-state index is 0.0273. The molecular formula is C25H31N3O3. The average Bonchev–Trinajstić information content (AvgIpc) is 3.45. The Hall–Kier alpha value is -2.73. The van der Waals surface area contributed by atoms with E-state index in [1.165, 1.54) is 0 Å². The van der Waals surface area contributed by atoms with Crippen molar-refractivity contribution in [2.45, 2.75) is 51.7 Å². The molecule has 4 rings (SSSR count). The van der Waals surface area contributed by atoms with E-state index in [2.05, 4.69) is 28.5 Å². The van der Waals surface area contributed by atoms with Crippen molar-refractivity contribution in [3.8, 4) is 11.1 Å². The Balaban J connectivity index is 1.58. The number of carbonyl (C=O) groups is 2. The molecule has 2 saturated heterocycles. The Bertz CT molecular complexity index is 925. The lowest BCUT2D eigenvalue weighted by Crippen LogP contribution is -2.48. The van der Waals surface area contributed by atoms with Gasteiger partial charge in [0.1, 0.15) is 6.10 Å². The summed E-state index contributed by atoms with van der Waals surface area (Å²) in [5.41, 5.74) is 2.67. The maximum atomic E-state index is 13.3. The Labute approximate surface area is 184 Å². The first-order chi connectivity index (χ1) is 15.0. The van der Waals surface area contributed by atoms with Crippen LogP contribution in [0.2, 0.25) is 0 Å². The van der Waals surface area contributed by atoms with Crippen LogP contribution < -0.4 is 5.32 Å². The second-order valence-electron chi connectivity index (χ2n) is 9.03. The van der Waals surface area contributed by atoms with Gasteiger partial charge in [0.25, 0.3) is 5.91 Å². The highest BCUT2D eigenvalue weighted by Crippen LogP contribution is 2.36. The van der Waals surface area contributed by atoms with Crippen molar-refractivity contribution in [1.82, 2.24) is 15.2 Å². The zero-order valence-corrected chi connectivity index (χ0v) is 18.3. The number of aromatic nitrogens is 1. The van der Waals surface area contributed by atoms with Gasteiger partial charge in [-0.05, 0) is 68.4 Å². The Morgan fingerprint density at radius 3 is 2.74 bits per heavy atom. The summed E-state index contributed by atoms with van der Waals surface area (Å²) < 4.78 is 5.61. The zero-order valence-electron chi connectivity index (χ0n) is 18.3. The molecule has 1 N–H and O–H groups in total. The van der Waals surface area contributed by atoms with E-state index in [1.807, 2.05) is 36.9 Å². The summed E-state index contributed by atoms with van der Waals surface area (Å²) >= 11 is 0. The summed E-state index contributed by atoms with van der Waals surface area (Å²) in [4.78, 5) is 32.2. The maximum Gasteiger partial charge on any atom is 0.251 e. The van der Waals surface area contributed by atoms with Gasteiger partial charge in [-0.3, -0.25) is 14.6 Å². The van der Waals surface area contributed by atoms with Gasteiger partial charge >= 0.3 is 0 Å². The molecule has 0 radical (unpaired) electrons. The van der Waals surface area contributed by atoms with Crippen LogP contribution in [-0.4, -0.2) is 53.5 Å². The first kappa shape index (κ1) is 21.5. The third-order valence-electron chi connectivity index (χ3n) is 6.26. The van der Waals surface area contributed by atoms with E-state index in [0.717, 1.165) is 29.5 Å². The molecule has 2 aliphatic heterocycles. The lowest BCUT2D eigenvalue weighted by molar-refractivity contribution is -0.141. The number of nitrogens with one attached hydrogen (secondary N) is 1. The molecule has 2 fully saturated rings. The number of benzene rings is 1. The molecule has 2 atom stereocenters. The Morgan fingerprint density at radius 1 is 1.23 bits per heavy atom. The Morgan fingerprint density at radius 2 is 2.03 bits per heavy atom. The number of rotatable bonds is 6. The second-order valence-corrected chi connectivity index (χ2v) is 9.03. The van der Waals surface area contributed by atoms with Gasteiger partial charge < -0.3 is 15.0 Å². The molecule has 31 heavy (non-hydrogen) atoms. The fraction of sp³-hybridized carbons (Fsp3) is 0.480. The number of hydrogen-bond acceptors (Lipinski definition) is 4. The fourth-order valence-electron chi connectivity index (χ4n) is 4.66. The van der Waals surface area contributed by atoms with Crippen LogP contribution in [0.3, 0.4) is 0 Å². The second kappa shape index (κ2) is 9.18. The van der Waals surface area contributed by atoms with E-state index >= 15 is 0 Å². The van der Waals surface area contributed by atoms with Crippen molar-refractivity contribution >= 4 is 11.8 Å². The number of likely N-dealkylation sites (tertiary alicyclic amines) is 1. The van der Waals surface area contributed by atoms with Crippen LogP contribution in [0.4, 0.5) is 0 Å². The molecule has 0 bridgehead atoms. The van der Waals surface area contributed by atoms with Crippen molar-refractivity contribution in [2.75, 3.05) is 19.7 Å². The zero-order chi connectivity index (χ0) is 21.8. The highest BCUT2D eigenvalue weighted by molar-refractivity contribution is 5.87. The van der Waals surface area contributed by atoms with E-state index in [1.54, 1.807) is 12.4 Å². The quantitative estimate of drug-likeness (QED) is 0.778. The van der Waals surface area contributed by atoms with Crippen LogP contribution in [0.5, 0.6) is 0 Å². The summed E-state index contributed by atoms with van der Waals surface area (Å²) in [5.74, 6) is 0.0571. The molecular weight excluding hydrogens is 390 g/mol. The van der Waals surface area contributed by atoms with Gasteiger partial charge in [0.2, 0.25) is 5.91 Å². The highest BCUT2D eigenvalue weighted by atomic mass is 16.5. The van der Waals surface area contributed by atoms with Gasteiger partial charge in [-0.15, -0.1) is 0 Å². The fourth-order valence-corrected chi connectivity index (χ4v) is 4.66. The van der Waals surface area contributed by atoms with E-state index in [4.69, 9.17) is 4.74 Å². The maximum absolute atomic E-state index is 13.3. The molecule has 2 aliphatic rings. The lowest BCUT2D eigenvalue weighted by atomic mass is 9.79. The van der Waals surface area contributed by atoms with E-state index in [0.29, 0.717) is 32.5 Å². The molecule has 0 aliphatic carbocycles. The molecule has 0 unspecified atom stereocenters. The lowest BCUT2D eigenvalue weighted by Gasteiger charge is -2.30. The molecule has 6 heteroatoms. The Kier molecular flexibility index (Phi) is 6.37. The van der Waals surface area contributed by atoms with Gasteiger partial charge in [0.15, 0.2) is 0 Å². The van der Waals surface area contributed by atoms with Crippen molar-refractivity contribution < 1.29 is 14.3 Å². The average molecular weight is 422 g/mol. The van der Waals surface area contributed by atoms with Crippen LogP contribution in [-0.2, 0) is 20.7 Å². The molecule has 6 nitrogen and oxygen atoms in total. The van der Waals surface area contributed by atoms with Gasteiger partial charge in [0, 0.05) is 38.1 Å². The van der Waals surface area contributed by atoms with Gasteiger partial charge in [-0.1, -0.05) is 24.3 Å². The van der Waals surface area contributed by atoms with Crippen molar-refractivity contribution in [3.05, 3.63) is 54.4 Å². The summed E-state index contributed by atoms with van der Waals surface area (Å²) in [5, 5.41) is 3.10. The van der Waals surface area contributed by atoms with Gasteiger partial charge in [-0.2, -0.15) is 0 Å². The van der Waals surface area contributed by atoms with Crippen LogP contribution in [0.15, 0.2) is 48.8 Å². The summed E-state index contributed by atoms with van der Waals surface area (Å²) in [6.07, 6.45) is 6.16. The number of amides is 2. The first-order valence-corrected chi connectivity index (χ1v) is 11.2. The van der Waals surface area contributed by atoms with Gasteiger partial charge in [0.05, 0.1) is 5.41 Å². The molecule has 164 valence electrons. The smallest absolute Gasteiger partial charge is 0.251 e. The number of ether oxygens (including phenoxy) is 1. The third-order valence-corrected chi connectivity index (χ3v) is 6.26. The predicted octanol–water partition coefficient (Wildman–Crippen LogP) is 3.21. The SMILES string of the molecule is CC(C)NC(=O)[C@]1(Cc2cccc(-c3ccncc3)c2)CCN(C(=O)[C@H]2CCCO2)C1. The van der Waals surface area contributed by atoms with Crippen LogP contribution in [0.1, 0.15) is 38.7 Å². The summed E-state index contributed by atoms with van der Waals surface area (Å²) in [7, 11) is 0. The summed E-state index contributed by atoms with van der Waals surface area (Å²) in [6, 6.07) is 12.3. The van der Waals surface area contributed by atoms with E-state index in [9.17, 15) is 9.59 Å². The van der Waals surface area contributed by atoms with Crippen LogP contribution >= 0.6 is 0 Å². The summed E-state index contributed by atoms with van der Waals surface area (Å²) in [6.45, 7) is 5.61. The molecule has 1 aromatic heterocycles. The van der Waals surface area contributed by atoms with Crippen molar-refractivity contribution in [3.63, 3.8) is 0 Å². The normalized spacial score (nSPS) is 23.3. The van der Waals surface area contributed by atoms with E-state index in [-0.39, 0.29) is 24.0 Å². The minimum atomic E-state index is -0.630. The molecule has 0 spiro atoms. The van der Waals surface area contributed by atoms with E-state index < -0.39 is 5.41 Å². The predicted molar refractivity (Wildman–Crippen MR) is 119 cm³/mol. The minimum Gasteiger partial charge on any atom is -0.368 e. The van der Waals surface area contributed by atoms with Crippen LogP contribution in [0, 0.1) is 5.41 Å². The topological polar surface area (TPSA) is 71.5 Å². The molecule has 2 amide bonds. The first-order valence-electron chi connectivity index (χ1n) is 11.2. The number of carbonyl (C=O) groups excluding carboxylic acids is 2. The largest absolute Gasteiger partial charge is 0.368 e. The number of pyridine rings is 1. The number of hydrogen-bond donors (Lipinski definition) is 1. The molecule has 3 heterocycles. The standard InChI is InChI=1S/C25H31N3O3/c1-18(2)27-24(30)25(10-13-28(17-25)23(29)22-7-4-14-31-22)16-19-5-3-6-21(15-19)20-8-11-26-12-9-20/h3,5-6,8-9,11-12,15,18,22H,4,7,10,13-14,16-17H2,1-2H3,(H,27,30)/t22-,25+/m1/s1. The van der Waals surface area contributed by atoms with Crippen LogP contribution in [0.25, 0.3) is 11.1 Å². The monoisotopic (exact) mass is 421 g/mol. The molecule has 0 saturated carbocycles. The molecule has 1 aromatic carbocycles. The number of nitrogens with zero attached hydrogens (tertiary/aromatic N) is 2.